The quantitative estimate of drug-likeness (QED) is 0.154. The summed E-state index contributed by atoms with van der Waals surface area (Å²) in [5.41, 5.74) is 3.36. The molecule has 2 unspecified atom stereocenters. The summed E-state index contributed by atoms with van der Waals surface area (Å²) in [6, 6.07) is 21.4. The molecule has 3 aromatic carbocycles. The van der Waals surface area contributed by atoms with Crippen molar-refractivity contribution in [3.05, 3.63) is 83.4 Å². The molecule has 6 rings (SSSR count). The lowest BCUT2D eigenvalue weighted by Gasteiger charge is -2.39. The number of benzene rings is 3. The van der Waals surface area contributed by atoms with E-state index in [4.69, 9.17) is 19.2 Å². The molecule has 2 saturated heterocycles. The van der Waals surface area contributed by atoms with Gasteiger partial charge in [0.15, 0.2) is 4.34 Å². The number of piperidine rings is 1. The molecule has 0 N–H and O–H groups in total. The van der Waals surface area contributed by atoms with Gasteiger partial charge in [-0.3, -0.25) is 4.79 Å². The van der Waals surface area contributed by atoms with E-state index in [1.165, 1.54) is 0 Å². The fourth-order valence-electron chi connectivity index (χ4n) is 5.74. The second-order valence-corrected chi connectivity index (χ2v) is 12.6. The SMILES string of the molecule is CCOC(=O)c1ccc(OC2CC3CCC(C2)N3C(=O)c2ccc(CSc3nc4cc(OC)ccc4s3)cc2)cc1. The summed E-state index contributed by atoms with van der Waals surface area (Å²) in [5.74, 6) is 2.12. The first-order valence-electron chi connectivity index (χ1n) is 13.9. The summed E-state index contributed by atoms with van der Waals surface area (Å²) < 4.78 is 18.8. The predicted molar refractivity (Wildman–Crippen MR) is 161 cm³/mol. The number of ether oxygens (including phenoxy) is 3. The van der Waals surface area contributed by atoms with Gasteiger partial charge in [0.05, 0.1) is 29.5 Å². The average Bonchev–Trinajstić information content (AvgIpc) is 3.53. The molecule has 212 valence electrons. The number of nitrogens with zero attached hydrogens (tertiary/aromatic N) is 2. The van der Waals surface area contributed by atoms with Crippen molar-refractivity contribution in [2.24, 2.45) is 0 Å². The van der Waals surface area contributed by atoms with Crippen LogP contribution in [0.25, 0.3) is 10.2 Å². The second-order valence-electron chi connectivity index (χ2n) is 10.4. The standard InChI is InChI=1S/C32H32N2O5S2/c1-3-38-31(36)22-8-12-25(13-9-22)39-27-16-23-10-11-24(17-27)34(23)30(35)21-6-4-20(5-7-21)19-40-32-33-28-18-26(37-2)14-15-29(28)41-32/h4-9,12-15,18,23-24,27H,3,10-11,16-17,19H2,1-2H3. The van der Waals surface area contributed by atoms with Gasteiger partial charge in [-0.15, -0.1) is 11.3 Å². The Balaban J connectivity index is 1.04. The molecule has 0 saturated carbocycles. The molecule has 2 fully saturated rings. The van der Waals surface area contributed by atoms with Crippen molar-refractivity contribution >= 4 is 45.2 Å². The van der Waals surface area contributed by atoms with Crippen molar-refractivity contribution in [1.29, 1.82) is 0 Å². The smallest absolute Gasteiger partial charge is 0.338 e. The minimum absolute atomic E-state index is 0.0491. The van der Waals surface area contributed by atoms with Crippen LogP contribution in [-0.2, 0) is 10.5 Å². The lowest BCUT2D eigenvalue weighted by Crippen LogP contribution is -2.49. The lowest BCUT2D eigenvalue weighted by molar-refractivity contribution is 0.0359. The number of carbonyl (C=O) groups is 2. The van der Waals surface area contributed by atoms with Crippen LogP contribution in [0.3, 0.4) is 0 Å². The fraction of sp³-hybridized carbons (Fsp3) is 0.344. The fourth-order valence-corrected chi connectivity index (χ4v) is 7.75. The van der Waals surface area contributed by atoms with Crippen molar-refractivity contribution < 1.29 is 23.8 Å². The van der Waals surface area contributed by atoms with Gasteiger partial charge in [-0.1, -0.05) is 23.9 Å². The van der Waals surface area contributed by atoms with E-state index in [0.717, 1.165) is 68.6 Å². The van der Waals surface area contributed by atoms with Crippen molar-refractivity contribution in [2.75, 3.05) is 13.7 Å². The van der Waals surface area contributed by atoms with Gasteiger partial charge in [0.1, 0.15) is 17.6 Å². The van der Waals surface area contributed by atoms with E-state index >= 15 is 0 Å². The van der Waals surface area contributed by atoms with E-state index in [9.17, 15) is 9.59 Å². The molecule has 0 radical (unpaired) electrons. The molecule has 2 aliphatic heterocycles. The molecule has 2 bridgehead atoms. The molecular weight excluding hydrogens is 556 g/mol. The van der Waals surface area contributed by atoms with Crippen molar-refractivity contribution in [2.45, 2.75) is 60.9 Å². The van der Waals surface area contributed by atoms with Gasteiger partial charge in [-0.2, -0.15) is 0 Å². The molecule has 3 heterocycles. The van der Waals surface area contributed by atoms with E-state index in [1.54, 1.807) is 49.3 Å². The Labute approximate surface area is 247 Å². The minimum atomic E-state index is -0.328. The average molecular weight is 589 g/mol. The van der Waals surface area contributed by atoms with E-state index in [-0.39, 0.29) is 30.1 Å². The molecule has 1 aromatic heterocycles. The molecule has 1 amide bonds. The van der Waals surface area contributed by atoms with E-state index in [2.05, 4.69) is 4.90 Å². The number of esters is 1. The molecule has 2 atom stereocenters. The summed E-state index contributed by atoms with van der Waals surface area (Å²) in [5, 5.41) is 0. The number of fused-ring (bicyclic) bond motifs is 3. The Kier molecular flexibility index (Phi) is 8.16. The summed E-state index contributed by atoms with van der Waals surface area (Å²) in [4.78, 5) is 32.3. The number of rotatable bonds is 9. The molecule has 41 heavy (non-hydrogen) atoms. The van der Waals surface area contributed by atoms with E-state index < -0.39 is 0 Å². The zero-order chi connectivity index (χ0) is 28.3. The maximum absolute atomic E-state index is 13.5. The lowest BCUT2D eigenvalue weighted by atomic mass is 9.98. The molecule has 4 aromatic rings. The zero-order valence-electron chi connectivity index (χ0n) is 23.1. The van der Waals surface area contributed by atoms with Crippen molar-refractivity contribution in [3.63, 3.8) is 0 Å². The Morgan fingerprint density at radius 2 is 1.63 bits per heavy atom. The number of amides is 1. The third kappa shape index (κ3) is 6.06. The van der Waals surface area contributed by atoms with Gasteiger partial charge in [-0.25, -0.2) is 9.78 Å². The maximum atomic E-state index is 13.5. The highest BCUT2D eigenvalue weighted by molar-refractivity contribution is 8.00. The third-order valence-corrected chi connectivity index (χ3v) is 9.98. The normalized spacial score (nSPS) is 19.8. The largest absolute Gasteiger partial charge is 0.497 e. The molecule has 0 spiro atoms. The Hall–Kier alpha value is -3.56. The number of aromatic nitrogens is 1. The summed E-state index contributed by atoms with van der Waals surface area (Å²) in [6.45, 7) is 2.14. The van der Waals surface area contributed by atoms with Crippen LogP contribution >= 0.6 is 23.1 Å². The van der Waals surface area contributed by atoms with Gasteiger partial charge >= 0.3 is 5.97 Å². The Bertz CT molecular complexity index is 1520. The maximum Gasteiger partial charge on any atom is 0.338 e. The summed E-state index contributed by atoms with van der Waals surface area (Å²) in [7, 11) is 1.66. The zero-order valence-corrected chi connectivity index (χ0v) is 24.7. The highest BCUT2D eigenvalue weighted by atomic mass is 32.2. The van der Waals surface area contributed by atoms with Crippen LogP contribution in [0.1, 0.15) is 58.9 Å². The number of hydrogen-bond acceptors (Lipinski definition) is 8. The number of thioether (sulfide) groups is 1. The van der Waals surface area contributed by atoms with Crippen molar-refractivity contribution in [1.82, 2.24) is 9.88 Å². The van der Waals surface area contributed by atoms with Crippen LogP contribution in [0, 0.1) is 0 Å². The van der Waals surface area contributed by atoms with Crippen molar-refractivity contribution in [3.8, 4) is 11.5 Å². The van der Waals surface area contributed by atoms with Crippen LogP contribution in [0.4, 0.5) is 0 Å². The van der Waals surface area contributed by atoms with Crippen LogP contribution in [0.5, 0.6) is 11.5 Å². The van der Waals surface area contributed by atoms with Gasteiger partial charge in [0.25, 0.3) is 5.91 Å². The summed E-state index contributed by atoms with van der Waals surface area (Å²) in [6.07, 6.45) is 3.67. The van der Waals surface area contributed by atoms with Crippen LogP contribution in [-0.4, -0.2) is 53.7 Å². The summed E-state index contributed by atoms with van der Waals surface area (Å²) >= 11 is 3.39. The molecule has 2 aliphatic rings. The second kappa shape index (κ2) is 12.1. The molecule has 9 heteroatoms. The first-order chi connectivity index (χ1) is 20.0. The van der Waals surface area contributed by atoms with Crippen LogP contribution in [0.2, 0.25) is 0 Å². The number of carbonyl (C=O) groups excluding carboxylic acids is 2. The molecule has 7 nitrogen and oxygen atoms in total. The van der Waals surface area contributed by atoms with E-state index in [1.807, 2.05) is 54.6 Å². The van der Waals surface area contributed by atoms with Gasteiger partial charge in [-0.05, 0) is 73.9 Å². The Morgan fingerprint density at radius 1 is 0.951 bits per heavy atom. The van der Waals surface area contributed by atoms with Gasteiger partial charge in [0.2, 0.25) is 0 Å². The first kappa shape index (κ1) is 27.6. The van der Waals surface area contributed by atoms with Gasteiger partial charge < -0.3 is 19.1 Å². The third-order valence-electron chi connectivity index (χ3n) is 7.73. The molecule has 0 aliphatic carbocycles. The monoisotopic (exact) mass is 588 g/mol. The van der Waals surface area contributed by atoms with Gasteiger partial charge in [0, 0.05) is 42.3 Å². The van der Waals surface area contributed by atoms with E-state index in [0.29, 0.717) is 12.2 Å². The minimum Gasteiger partial charge on any atom is -0.497 e. The van der Waals surface area contributed by atoms with Crippen LogP contribution in [0.15, 0.2) is 71.1 Å². The highest BCUT2D eigenvalue weighted by Gasteiger charge is 2.44. The topological polar surface area (TPSA) is 78.0 Å². The Morgan fingerprint density at radius 3 is 2.32 bits per heavy atom. The highest BCUT2D eigenvalue weighted by Crippen LogP contribution is 2.39. The first-order valence-corrected chi connectivity index (χ1v) is 15.7. The van der Waals surface area contributed by atoms with Crippen LogP contribution < -0.4 is 9.47 Å². The predicted octanol–water partition coefficient (Wildman–Crippen LogP) is 6.99. The number of thiazole rings is 1. The molecular formula is C32H32N2O5S2. The number of methoxy groups -OCH3 is 1. The number of hydrogen-bond donors (Lipinski definition) is 0.